The Balaban J connectivity index is 1.63. The molecule has 0 aliphatic carbocycles. The molecule has 4 nitrogen and oxygen atoms in total. The Bertz CT molecular complexity index is 788. The van der Waals surface area contributed by atoms with Crippen molar-refractivity contribution in [1.29, 1.82) is 0 Å². The number of aromatic nitrogens is 1. The first-order valence-electron chi connectivity index (χ1n) is 7.70. The summed E-state index contributed by atoms with van der Waals surface area (Å²) in [5.74, 6) is 0.527. The molecule has 2 heterocycles. The number of hydrogen-bond donors (Lipinski definition) is 1. The molecule has 3 aromatic rings. The molecule has 1 N–H and O–H groups in total. The number of pyridine rings is 1. The first-order chi connectivity index (χ1) is 11.7. The number of para-hydroxylation sites is 1. The van der Waals surface area contributed by atoms with Crippen LogP contribution in [0.2, 0.25) is 0 Å². The summed E-state index contributed by atoms with van der Waals surface area (Å²) in [4.78, 5) is 16.7. The predicted octanol–water partition coefficient (Wildman–Crippen LogP) is 3.89. The SMILES string of the molecule is C[C@H](Oc1ccccc1)C(=O)NCc1cccnc1-c1ccsc1. The van der Waals surface area contributed by atoms with Crippen LogP contribution in [0.25, 0.3) is 11.3 Å². The molecule has 0 aliphatic heterocycles. The molecule has 0 saturated heterocycles. The largest absolute Gasteiger partial charge is 0.481 e. The number of amides is 1. The van der Waals surface area contributed by atoms with Gasteiger partial charge in [-0.15, -0.1) is 0 Å². The Morgan fingerprint density at radius 3 is 2.79 bits per heavy atom. The molecule has 0 fully saturated rings. The lowest BCUT2D eigenvalue weighted by atomic mass is 10.1. The summed E-state index contributed by atoms with van der Waals surface area (Å²) in [7, 11) is 0. The third-order valence-electron chi connectivity index (χ3n) is 3.56. The van der Waals surface area contributed by atoms with Crippen molar-refractivity contribution in [1.82, 2.24) is 10.3 Å². The smallest absolute Gasteiger partial charge is 0.261 e. The minimum absolute atomic E-state index is 0.154. The molecule has 0 unspecified atom stereocenters. The molecule has 0 bridgehead atoms. The van der Waals surface area contributed by atoms with Crippen molar-refractivity contribution in [3.63, 3.8) is 0 Å². The lowest BCUT2D eigenvalue weighted by molar-refractivity contribution is -0.127. The predicted molar refractivity (Wildman–Crippen MR) is 95.9 cm³/mol. The number of rotatable bonds is 6. The second-order valence-corrected chi connectivity index (χ2v) is 6.09. The van der Waals surface area contributed by atoms with Gasteiger partial charge < -0.3 is 10.1 Å². The van der Waals surface area contributed by atoms with Crippen LogP contribution < -0.4 is 10.1 Å². The minimum Gasteiger partial charge on any atom is -0.481 e. The molecule has 24 heavy (non-hydrogen) atoms. The molecule has 2 aromatic heterocycles. The van der Waals surface area contributed by atoms with Gasteiger partial charge in [0.1, 0.15) is 5.75 Å². The standard InChI is InChI=1S/C19H18N2O2S/c1-14(23-17-7-3-2-4-8-17)19(22)21-12-15-6-5-10-20-18(15)16-9-11-24-13-16/h2-11,13-14H,12H2,1H3,(H,21,22)/t14-/m0/s1. The van der Waals surface area contributed by atoms with Crippen molar-refractivity contribution in [2.24, 2.45) is 0 Å². The van der Waals surface area contributed by atoms with Gasteiger partial charge in [0.2, 0.25) is 0 Å². The van der Waals surface area contributed by atoms with Gasteiger partial charge in [-0.05, 0) is 42.1 Å². The molecule has 1 amide bonds. The highest BCUT2D eigenvalue weighted by atomic mass is 32.1. The van der Waals surface area contributed by atoms with Crippen molar-refractivity contribution in [3.8, 4) is 17.0 Å². The van der Waals surface area contributed by atoms with Crippen molar-refractivity contribution in [2.75, 3.05) is 0 Å². The summed E-state index contributed by atoms with van der Waals surface area (Å²) in [6.45, 7) is 2.16. The van der Waals surface area contributed by atoms with Crippen LogP contribution in [0.5, 0.6) is 5.75 Å². The number of benzene rings is 1. The van der Waals surface area contributed by atoms with Crippen molar-refractivity contribution in [2.45, 2.75) is 19.6 Å². The lowest BCUT2D eigenvalue weighted by Crippen LogP contribution is -2.36. The summed E-state index contributed by atoms with van der Waals surface area (Å²) in [5.41, 5.74) is 2.95. The van der Waals surface area contributed by atoms with Gasteiger partial charge in [0.05, 0.1) is 5.69 Å². The van der Waals surface area contributed by atoms with Crippen LogP contribution in [0.4, 0.5) is 0 Å². The van der Waals surface area contributed by atoms with Crippen LogP contribution >= 0.6 is 11.3 Å². The normalized spacial score (nSPS) is 11.7. The van der Waals surface area contributed by atoms with Gasteiger partial charge in [-0.25, -0.2) is 0 Å². The number of hydrogen-bond acceptors (Lipinski definition) is 4. The third kappa shape index (κ3) is 4.00. The fraction of sp³-hybridized carbons (Fsp3) is 0.158. The van der Waals surface area contributed by atoms with E-state index in [4.69, 9.17) is 4.74 Å². The average molecular weight is 338 g/mol. The molecular weight excluding hydrogens is 320 g/mol. The number of carbonyl (C=O) groups excluding carboxylic acids is 1. The highest BCUT2D eigenvalue weighted by Crippen LogP contribution is 2.23. The summed E-state index contributed by atoms with van der Waals surface area (Å²) < 4.78 is 5.64. The molecule has 1 aromatic carbocycles. The average Bonchev–Trinajstić information content (AvgIpc) is 3.15. The van der Waals surface area contributed by atoms with Crippen molar-refractivity contribution >= 4 is 17.2 Å². The molecule has 1 atom stereocenters. The van der Waals surface area contributed by atoms with E-state index in [9.17, 15) is 4.79 Å². The van der Waals surface area contributed by atoms with Gasteiger partial charge in [0.15, 0.2) is 6.10 Å². The van der Waals surface area contributed by atoms with E-state index in [2.05, 4.69) is 15.7 Å². The van der Waals surface area contributed by atoms with Crippen LogP contribution in [-0.2, 0) is 11.3 Å². The van der Waals surface area contributed by atoms with E-state index in [1.54, 1.807) is 24.5 Å². The minimum atomic E-state index is -0.561. The number of thiophene rings is 1. The van der Waals surface area contributed by atoms with Gasteiger partial charge >= 0.3 is 0 Å². The maximum atomic E-state index is 12.3. The zero-order valence-corrected chi connectivity index (χ0v) is 14.1. The molecule has 3 rings (SSSR count). The second kappa shape index (κ2) is 7.75. The van der Waals surface area contributed by atoms with E-state index in [-0.39, 0.29) is 5.91 Å². The maximum absolute atomic E-state index is 12.3. The third-order valence-corrected chi connectivity index (χ3v) is 4.25. The topological polar surface area (TPSA) is 51.2 Å². The van der Waals surface area contributed by atoms with E-state index >= 15 is 0 Å². The van der Waals surface area contributed by atoms with Gasteiger partial charge in [-0.1, -0.05) is 24.3 Å². The van der Waals surface area contributed by atoms with Crippen LogP contribution in [0.1, 0.15) is 12.5 Å². The fourth-order valence-corrected chi connectivity index (χ4v) is 2.96. The number of ether oxygens (including phenoxy) is 1. The Kier molecular flexibility index (Phi) is 5.23. The maximum Gasteiger partial charge on any atom is 0.261 e. The highest BCUT2D eigenvalue weighted by Gasteiger charge is 2.15. The summed E-state index contributed by atoms with van der Waals surface area (Å²) in [5, 5.41) is 6.99. The van der Waals surface area contributed by atoms with Gasteiger partial charge in [0, 0.05) is 23.7 Å². The summed E-state index contributed by atoms with van der Waals surface area (Å²) in [6, 6.07) is 15.2. The molecular formula is C19H18N2O2S. The molecule has 0 saturated carbocycles. The van der Waals surface area contributed by atoms with Crippen molar-refractivity contribution < 1.29 is 9.53 Å². The lowest BCUT2D eigenvalue weighted by Gasteiger charge is -2.15. The van der Waals surface area contributed by atoms with E-state index in [0.717, 1.165) is 16.8 Å². The van der Waals surface area contributed by atoms with Gasteiger partial charge in [-0.2, -0.15) is 11.3 Å². The number of carbonyl (C=O) groups is 1. The molecule has 0 aliphatic rings. The van der Waals surface area contributed by atoms with Crippen LogP contribution in [-0.4, -0.2) is 17.0 Å². The molecule has 0 radical (unpaired) electrons. The van der Waals surface area contributed by atoms with Gasteiger partial charge in [-0.3, -0.25) is 9.78 Å². The highest BCUT2D eigenvalue weighted by molar-refractivity contribution is 7.08. The summed E-state index contributed by atoms with van der Waals surface area (Å²) >= 11 is 1.63. The van der Waals surface area contributed by atoms with E-state index < -0.39 is 6.10 Å². The monoisotopic (exact) mass is 338 g/mol. The van der Waals surface area contributed by atoms with Crippen molar-refractivity contribution in [3.05, 3.63) is 71.1 Å². The van der Waals surface area contributed by atoms with Crippen LogP contribution in [0.15, 0.2) is 65.5 Å². The first-order valence-corrected chi connectivity index (χ1v) is 8.64. The Hall–Kier alpha value is -2.66. The molecule has 122 valence electrons. The Morgan fingerprint density at radius 2 is 2.04 bits per heavy atom. The zero-order chi connectivity index (χ0) is 16.8. The van der Waals surface area contributed by atoms with E-state index in [1.807, 2.05) is 53.9 Å². The quantitative estimate of drug-likeness (QED) is 0.742. The fourth-order valence-electron chi connectivity index (χ4n) is 2.32. The Morgan fingerprint density at radius 1 is 1.21 bits per heavy atom. The molecule has 0 spiro atoms. The van der Waals surface area contributed by atoms with E-state index in [0.29, 0.717) is 12.3 Å². The summed E-state index contributed by atoms with van der Waals surface area (Å²) in [6.07, 6.45) is 1.20. The van der Waals surface area contributed by atoms with Crippen LogP contribution in [0.3, 0.4) is 0 Å². The Labute approximate surface area is 145 Å². The molecule has 5 heteroatoms. The number of nitrogens with zero attached hydrogens (tertiary/aromatic N) is 1. The second-order valence-electron chi connectivity index (χ2n) is 5.31. The number of nitrogens with one attached hydrogen (secondary N) is 1. The van der Waals surface area contributed by atoms with Crippen LogP contribution in [0, 0.1) is 0 Å². The zero-order valence-electron chi connectivity index (χ0n) is 13.3. The first kappa shape index (κ1) is 16.2. The van der Waals surface area contributed by atoms with E-state index in [1.165, 1.54) is 0 Å². The van der Waals surface area contributed by atoms with Gasteiger partial charge in [0.25, 0.3) is 5.91 Å².